The van der Waals surface area contributed by atoms with Crippen LogP contribution in [0.15, 0.2) is 24.3 Å². The van der Waals surface area contributed by atoms with Crippen molar-refractivity contribution in [2.45, 2.75) is 39.7 Å². The average molecular weight is 278 g/mol. The van der Waals surface area contributed by atoms with Crippen LogP contribution in [0.2, 0.25) is 5.02 Å². The van der Waals surface area contributed by atoms with E-state index in [0.29, 0.717) is 10.8 Å². The van der Waals surface area contributed by atoms with Crippen LogP contribution in [-0.4, -0.2) is 9.55 Å². The highest BCUT2D eigenvalue weighted by Gasteiger charge is 2.24. The quantitative estimate of drug-likeness (QED) is 0.898. The summed E-state index contributed by atoms with van der Waals surface area (Å²) in [5, 5.41) is 0.695. The molecule has 0 saturated carbocycles. The molecular weight excluding hydrogens is 258 g/mol. The van der Waals surface area contributed by atoms with E-state index in [2.05, 4.69) is 32.3 Å². The molecule has 0 unspecified atom stereocenters. The molecule has 0 aliphatic rings. The largest absolute Gasteiger partial charge is 0.383 e. The van der Waals surface area contributed by atoms with Gasteiger partial charge in [0.05, 0.1) is 0 Å². The van der Waals surface area contributed by atoms with Gasteiger partial charge in [-0.3, -0.25) is 0 Å². The molecule has 0 aliphatic carbocycles. The highest BCUT2D eigenvalue weighted by atomic mass is 35.5. The van der Waals surface area contributed by atoms with Crippen molar-refractivity contribution >= 4 is 17.4 Å². The predicted molar refractivity (Wildman–Crippen MR) is 81.5 cm³/mol. The number of aromatic nitrogens is 2. The number of imidazole rings is 1. The highest BCUT2D eigenvalue weighted by molar-refractivity contribution is 6.30. The van der Waals surface area contributed by atoms with Crippen molar-refractivity contribution in [3.8, 4) is 11.3 Å². The van der Waals surface area contributed by atoms with Crippen molar-refractivity contribution in [2.75, 3.05) is 5.73 Å². The number of halogens is 1. The number of benzene rings is 1. The van der Waals surface area contributed by atoms with Gasteiger partial charge in [-0.25, -0.2) is 4.98 Å². The van der Waals surface area contributed by atoms with Gasteiger partial charge in [0.25, 0.3) is 0 Å². The maximum atomic E-state index is 6.25. The van der Waals surface area contributed by atoms with E-state index in [4.69, 9.17) is 22.3 Å². The fourth-order valence-corrected chi connectivity index (χ4v) is 2.40. The van der Waals surface area contributed by atoms with Gasteiger partial charge in [0.2, 0.25) is 0 Å². The van der Waals surface area contributed by atoms with Crippen molar-refractivity contribution < 1.29 is 0 Å². The maximum Gasteiger partial charge on any atom is 0.131 e. The van der Waals surface area contributed by atoms with Crippen LogP contribution in [0, 0.1) is 0 Å². The fourth-order valence-electron chi connectivity index (χ4n) is 2.21. The Morgan fingerprint density at radius 1 is 1.32 bits per heavy atom. The standard InChI is InChI=1S/C15H20ClN3/c1-5-19-13(17)12(18-14(19)15(2,3)4)10-7-6-8-11(16)9-10/h6-9H,5,17H2,1-4H3. The van der Waals surface area contributed by atoms with Gasteiger partial charge in [-0.2, -0.15) is 0 Å². The monoisotopic (exact) mass is 277 g/mol. The lowest BCUT2D eigenvalue weighted by atomic mass is 9.95. The van der Waals surface area contributed by atoms with E-state index >= 15 is 0 Å². The molecule has 2 rings (SSSR count). The minimum absolute atomic E-state index is 0.0407. The summed E-state index contributed by atoms with van der Waals surface area (Å²) in [7, 11) is 0. The van der Waals surface area contributed by atoms with Crippen LogP contribution in [0.4, 0.5) is 5.82 Å². The molecular formula is C15H20ClN3. The van der Waals surface area contributed by atoms with Gasteiger partial charge in [0.1, 0.15) is 17.3 Å². The van der Waals surface area contributed by atoms with Gasteiger partial charge in [0, 0.05) is 22.5 Å². The maximum absolute atomic E-state index is 6.25. The van der Waals surface area contributed by atoms with Crippen molar-refractivity contribution in [3.05, 3.63) is 35.1 Å². The first-order valence-corrected chi connectivity index (χ1v) is 6.84. The summed E-state index contributed by atoms with van der Waals surface area (Å²) >= 11 is 6.04. The molecule has 2 aromatic rings. The molecule has 102 valence electrons. The fraction of sp³-hybridized carbons (Fsp3) is 0.400. The average Bonchev–Trinajstić information content (AvgIpc) is 2.66. The summed E-state index contributed by atoms with van der Waals surface area (Å²) in [4.78, 5) is 4.74. The zero-order valence-corrected chi connectivity index (χ0v) is 12.6. The number of nitrogens with two attached hydrogens (primary N) is 1. The van der Waals surface area contributed by atoms with Crippen LogP contribution in [0.5, 0.6) is 0 Å². The second kappa shape index (κ2) is 4.89. The topological polar surface area (TPSA) is 43.8 Å². The van der Waals surface area contributed by atoms with Crippen LogP contribution in [0.1, 0.15) is 33.5 Å². The number of nitrogen functional groups attached to an aromatic ring is 1. The number of nitrogens with zero attached hydrogens (tertiary/aromatic N) is 2. The molecule has 2 N–H and O–H groups in total. The predicted octanol–water partition coefficient (Wildman–Crippen LogP) is 4.10. The first-order chi connectivity index (χ1) is 8.84. The summed E-state index contributed by atoms with van der Waals surface area (Å²) in [6.07, 6.45) is 0. The number of rotatable bonds is 2. The van der Waals surface area contributed by atoms with E-state index in [1.54, 1.807) is 0 Å². The highest BCUT2D eigenvalue weighted by Crippen LogP contribution is 2.32. The van der Waals surface area contributed by atoms with E-state index in [0.717, 1.165) is 23.6 Å². The van der Waals surface area contributed by atoms with Gasteiger partial charge in [-0.1, -0.05) is 44.5 Å². The van der Waals surface area contributed by atoms with E-state index in [1.807, 2.05) is 24.3 Å². The van der Waals surface area contributed by atoms with E-state index in [9.17, 15) is 0 Å². The number of anilines is 1. The third-order valence-corrected chi connectivity index (χ3v) is 3.33. The van der Waals surface area contributed by atoms with Gasteiger partial charge >= 0.3 is 0 Å². The van der Waals surface area contributed by atoms with E-state index in [-0.39, 0.29) is 5.41 Å². The van der Waals surface area contributed by atoms with Crippen molar-refractivity contribution in [2.24, 2.45) is 0 Å². The Labute approximate surface area is 119 Å². The molecule has 1 aromatic carbocycles. The summed E-state index contributed by atoms with van der Waals surface area (Å²) in [5.41, 5.74) is 7.99. The zero-order valence-electron chi connectivity index (χ0n) is 11.9. The van der Waals surface area contributed by atoms with Gasteiger partial charge in [-0.15, -0.1) is 0 Å². The Morgan fingerprint density at radius 3 is 2.47 bits per heavy atom. The summed E-state index contributed by atoms with van der Waals surface area (Å²) in [6, 6.07) is 7.64. The molecule has 19 heavy (non-hydrogen) atoms. The van der Waals surface area contributed by atoms with Gasteiger partial charge < -0.3 is 10.3 Å². The smallest absolute Gasteiger partial charge is 0.131 e. The Bertz CT molecular complexity index is 594. The van der Waals surface area contributed by atoms with Crippen molar-refractivity contribution in [3.63, 3.8) is 0 Å². The van der Waals surface area contributed by atoms with Crippen LogP contribution in [0.3, 0.4) is 0 Å². The molecule has 0 spiro atoms. The molecule has 0 aliphatic heterocycles. The SMILES string of the molecule is CCn1c(C(C)(C)C)nc(-c2cccc(Cl)c2)c1N. The van der Waals surface area contributed by atoms with Crippen LogP contribution < -0.4 is 5.73 Å². The Hall–Kier alpha value is -1.48. The third kappa shape index (κ3) is 2.61. The third-order valence-electron chi connectivity index (χ3n) is 3.09. The molecule has 0 fully saturated rings. The lowest BCUT2D eigenvalue weighted by Crippen LogP contribution is -2.19. The zero-order chi connectivity index (χ0) is 14.2. The van der Waals surface area contributed by atoms with Gasteiger partial charge in [-0.05, 0) is 19.1 Å². The molecule has 0 atom stereocenters. The summed E-state index contributed by atoms with van der Waals surface area (Å²) in [6.45, 7) is 9.31. The number of hydrogen-bond donors (Lipinski definition) is 1. The van der Waals surface area contributed by atoms with Crippen LogP contribution in [-0.2, 0) is 12.0 Å². The normalized spacial score (nSPS) is 11.8. The molecule has 0 amide bonds. The molecule has 0 radical (unpaired) electrons. The first-order valence-electron chi connectivity index (χ1n) is 6.47. The minimum Gasteiger partial charge on any atom is -0.383 e. The molecule has 3 nitrogen and oxygen atoms in total. The molecule has 1 heterocycles. The molecule has 0 saturated heterocycles. The van der Waals surface area contributed by atoms with E-state index in [1.165, 1.54) is 0 Å². The second-order valence-corrected chi connectivity index (χ2v) is 6.11. The summed E-state index contributed by atoms with van der Waals surface area (Å²) in [5.74, 6) is 1.71. The first kappa shape index (κ1) is 13.9. The molecule has 4 heteroatoms. The van der Waals surface area contributed by atoms with Crippen molar-refractivity contribution in [1.82, 2.24) is 9.55 Å². The molecule has 1 aromatic heterocycles. The lowest BCUT2D eigenvalue weighted by molar-refractivity contribution is 0.509. The van der Waals surface area contributed by atoms with Crippen LogP contribution >= 0.6 is 11.6 Å². The number of hydrogen-bond acceptors (Lipinski definition) is 2. The van der Waals surface area contributed by atoms with Gasteiger partial charge in [0.15, 0.2) is 0 Å². The Morgan fingerprint density at radius 2 is 2.00 bits per heavy atom. The Balaban J connectivity index is 2.63. The van der Waals surface area contributed by atoms with Crippen molar-refractivity contribution in [1.29, 1.82) is 0 Å². The summed E-state index contributed by atoms with van der Waals surface area (Å²) < 4.78 is 2.07. The van der Waals surface area contributed by atoms with Crippen LogP contribution in [0.25, 0.3) is 11.3 Å². The second-order valence-electron chi connectivity index (χ2n) is 5.67. The molecule has 0 bridgehead atoms. The minimum atomic E-state index is -0.0407. The van der Waals surface area contributed by atoms with E-state index < -0.39 is 0 Å². The lowest BCUT2D eigenvalue weighted by Gasteiger charge is -2.19. The Kier molecular flexibility index (Phi) is 3.59.